The lowest BCUT2D eigenvalue weighted by atomic mass is 10.2. The molecule has 1 saturated heterocycles. The van der Waals surface area contributed by atoms with E-state index in [2.05, 4.69) is 0 Å². The molecule has 0 aromatic heterocycles. The van der Waals surface area contributed by atoms with Crippen LogP contribution < -0.4 is 4.31 Å². The van der Waals surface area contributed by atoms with E-state index in [1.165, 1.54) is 4.31 Å². The average Bonchev–Trinajstić information content (AvgIpc) is 2.82. The van der Waals surface area contributed by atoms with E-state index < -0.39 is 10.2 Å². The lowest BCUT2D eigenvalue weighted by Crippen LogP contribution is -2.52. The summed E-state index contributed by atoms with van der Waals surface area (Å²) in [6.45, 7) is 5.20. The number of morpholine rings is 1. The van der Waals surface area contributed by atoms with E-state index in [0.29, 0.717) is 19.6 Å². The monoisotopic (exact) mass is 296 g/mol. The van der Waals surface area contributed by atoms with Crippen molar-refractivity contribution in [3.05, 3.63) is 29.8 Å². The van der Waals surface area contributed by atoms with Crippen LogP contribution in [0.2, 0.25) is 0 Å². The number of rotatable bonds is 2. The van der Waals surface area contributed by atoms with Crippen LogP contribution in [0, 0.1) is 0 Å². The minimum atomic E-state index is -3.45. The first-order valence-corrected chi connectivity index (χ1v) is 8.39. The summed E-state index contributed by atoms with van der Waals surface area (Å²) < 4.78 is 34.4. The van der Waals surface area contributed by atoms with Crippen molar-refractivity contribution in [2.24, 2.45) is 0 Å². The van der Waals surface area contributed by atoms with Crippen LogP contribution in [-0.2, 0) is 21.4 Å². The topological polar surface area (TPSA) is 49.9 Å². The number of hydrogen-bond donors (Lipinski definition) is 0. The lowest BCUT2D eigenvalue weighted by Gasteiger charge is -2.37. The van der Waals surface area contributed by atoms with Crippen LogP contribution in [0.5, 0.6) is 0 Å². The number of benzene rings is 1. The Balaban J connectivity index is 1.90. The second-order valence-electron chi connectivity index (χ2n) is 5.53. The number of para-hydroxylation sites is 1. The zero-order valence-electron chi connectivity index (χ0n) is 11.8. The second kappa shape index (κ2) is 5.02. The number of nitrogens with zero attached hydrogens (tertiary/aromatic N) is 2. The summed E-state index contributed by atoms with van der Waals surface area (Å²) in [5.41, 5.74) is 1.92. The number of hydrogen-bond acceptors (Lipinski definition) is 3. The third kappa shape index (κ3) is 2.32. The van der Waals surface area contributed by atoms with Gasteiger partial charge in [0.05, 0.1) is 17.9 Å². The van der Waals surface area contributed by atoms with Crippen molar-refractivity contribution in [2.45, 2.75) is 32.5 Å². The molecular formula is C14H20N2O3S. The minimum absolute atomic E-state index is 0.0635. The van der Waals surface area contributed by atoms with Crippen molar-refractivity contribution in [3.63, 3.8) is 0 Å². The van der Waals surface area contributed by atoms with Gasteiger partial charge in [-0.3, -0.25) is 4.31 Å². The molecule has 1 aromatic carbocycles. The molecule has 1 fully saturated rings. The minimum Gasteiger partial charge on any atom is -0.373 e. The Morgan fingerprint density at radius 3 is 2.50 bits per heavy atom. The Kier molecular flexibility index (Phi) is 3.48. The van der Waals surface area contributed by atoms with Crippen LogP contribution in [0.15, 0.2) is 24.3 Å². The molecule has 1 aromatic rings. The standard InChI is InChI=1S/C14H20N2O3S/c1-11-9-15(10-12(2)19-11)20(17,18)16-8-7-13-5-3-4-6-14(13)16/h3-6,11-12H,7-10H2,1-2H3. The number of anilines is 1. The summed E-state index contributed by atoms with van der Waals surface area (Å²) in [6, 6.07) is 7.72. The Hall–Kier alpha value is -1.11. The highest BCUT2D eigenvalue weighted by atomic mass is 32.2. The summed E-state index contributed by atoms with van der Waals surface area (Å²) in [4.78, 5) is 0. The fraction of sp³-hybridized carbons (Fsp3) is 0.571. The Bertz CT molecular complexity index is 592. The average molecular weight is 296 g/mol. The van der Waals surface area contributed by atoms with Crippen LogP contribution in [-0.4, -0.2) is 44.6 Å². The van der Waals surface area contributed by atoms with E-state index in [-0.39, 0.29) is 12.2 Å². The molecule has 5 nitrogen and oxygen atoms in total. The molecule has 6 heteroatoms. The molecule has 0 spiro atoms. The van der Waals surface area contributed by atoms with E-state index in [1.54, 1.807) is 4.31 Å². The smallest absolute Gasteiger partial charge is 0.304 e. The maximum atomic E-state index is 12.8. The van der Waals surface area contributed by atoms with Gasteiger partial charge in [0.1, 0.15) is 0 Å². The van der Waals surface area contributed by atoms with E-state index in [1.807, 2.05) is 38.1 Å². The molecule has 0 N–H and O–H groups in total. The molecular weight excluding hydrogens is 276 g/mol. The van der Waals surface area contributed by atoms with Gasteiger partial charge in [0.15, 0.2) is 0 Å². The van der Waals surface area contributed by atoms with Gasteiger partial charge < -0.3 is 4.74 Å². The third-order valence-electron chi connectivity index (χ3n) is 3.84. The van der Waals surface area contributed by atoms with Crippen molar-refractivity contribution in [1.29, 1.82) is 0 Å². The zero-order chi connectivity index (χ0) is 14.3. The van der Waals surface area contributed by atoms with Crippen LogP contribution >= 0.6 is 0 Å². The highest BCUT2D eigenvalue weighted by Gasteiger charge is 2.37. The maximum absolute atomic E-state index is 12.8. The predicted octanol–water partition coefficient (Wildman–Crippen LogP) is 1.40. The van der Waals surface area contributed by atoms with Crippen molar-refractivity contribution in [1.82, 2.24) is 4.31 Å². The summed E-state index contributed by atoms with van der Waals surface area (Å²) in [6.07, 6.45) is 0.656. The normalized spacial score (nSPS) is 27.6. The molecule has 20 heavy (non-hydrogen) atoms. The van der Waals surface area contributed by atoms with Gasteiger partial charge in [-0.1, -0.05) is 18.2 Å². The highest BCUT2D eigenvalue weighted by Crippen LogP contribution is 2.31. The fourth-order valence-corrected chi connectivity index (χ4v) is 4.83. The largest absolute Gasteiger partial charge is 0.373 e. The van der Waals surface area contributed by atoms with Crippen molar-refractivity contribution >= 4 is 15.9 Å². The first-order chi connectivity index (χ1) is 9.48. The maximum Gasteiger partial charge on any atom is 0.304 e. The van der Waals surface area contributed by atoms with Gasteiger partial charge in [0.25, 0.3) is 0 Å². The molecule has 2 aliphatic heterocycles. The van der Waals surface area contributed by atoms with Gasteiger partial charge >= 0.3 is 10.2 Å². The zero-order valence-corrected chi connectivity index (χ0v) is 12.6. The fourth-order valence-electron chi connectivity index (χ4n) is 3.01. The summed E-state index contributed by atoms with van der Waals surface area (Å²) >= 11 is 0. The summed E-state index contributed by atoms with van der Waals surface area (Å²) in [7, 11) is -3.45. The van der Waals surface area contributed by atoms with Crippen LogP contribution in [0.1, 0.15) is 19.4 Å². The van der Waals surface area contributed by atoms with Gasteiger partial charge in [-0.25, -0.2) is 0 Å². The lowest BCUT2D eigenvalue weighted by molar-refractivity contribution is -0.0441. The molecule has 0 amide bonds. The van der Waals surface area contributed by atoms with Gasteiger partial charge in [-0.05, 0) is 31.9 Å². The van der Waals surface area contributed by atoms with Gasteiger partial charge in [0, 0.05) is 19.6 Å². The number of ether oxygens (including phenoxy) is 1. The number of fused-ring (bicyclic) bond motifs is 1. The molecule has 0 radical (unpaired) electrons. The molecule has 0 aliphatic carbocycles. The van der Waals surface area contributed by atoms with E-state index in [9.17, 15) is 8.42 Å². The van der Waals surface area contributed by atoms with E-state index in [4.69, 9.17) is 4.74 Å². The van der Waals surface area contributed by atoms with Crippen molar-refractivity contribution < 1.29 is 13.2 Å². The molecule has 3 rings (SSSR count). The van der Waals surface area contributed by atoms with Crippen LogP contribution in [0.4, 0.5) is 5.69 Å². The van der Waals surface area contributed by atoms with E-state index >= 15 is 0 Å². The molecule has 2 aliphatic rings. The Morgan fingerprint density at radius 2 is 1.80 bits per heavy atom. The first-order valence-electron chi connectivity index (χ1n) is 6.99. The Labute approximate surface area is 120 Å². The van der Waals surface area contributed by atoms with E-state index in [0.717, 1.165) is 17.7 Å². The third-order valence-corrected chi connectivity index (χ3v) is 5.72. The van der Waals surface area contributed by atoms with Gasteiger partial charge in [0.2, 0.25) is 0 Å². The molecule has 0 bridgehead atoms. The molecule has 2 unspecified atom stereocenters. The van der Waals surface area contributed by atoms with Crippen LogP contribution in [0.3, 0.4) is 0 Å². The SMILES string of the molecule is CC1CN(S(=O)(=O)N2CCc3ccccc32)CC(C)O1. The molecule has 2 heterocycles. The predicted molar refractivity (Wildman–Crippen MR) is 78.0 cm³/mol. The van der Waals surface area contributed by atoms with Crippen LogP contribution in [0.25, 0.3) is 0 Å². The molecule has 2 atom stereocenters. The van der Waals surface area contributed by atoms with Crippen molar-refractivity contribution in [2.75, 3.05) is 23.9 Å². The Morgan fingerprint density at radius 1 is 1.15 bits per heavy atom. The summed E-state index contributed by atoms with van der Waals surface area (Å²) in [5, 5.41) is 0. The summed E-state index contributed by atoms with van der Waals surface area (Å²) in [5.74, 6) is 0. The molecule has 0 saturated carbocycles. The second-order valence-corrected chi connectivity index (χ2v) is 7.39. The molecule has 110 valence electrons. The first kappa shape index (κ1) is 13.9. The van der Waals surface area contributed by atoms with Gasteiger partial charge in [-0.2, -0.15) is 12.7 Å². The van der Waals surface area contributed by atoms with Crippen molar-refractivity contribution in [3.8, 4) is 0 Å². The highest BCUT2D eigenvalue weighted by molar-refractivity contribution is 7.90. The van der Waals surface area contributed by atoms with Gasteiger partial charge in [-0.15, -0.1) is 0 Å². The quantitative estimate of drug-likeness (QED) is 0.829.